The van der Waals surface area contributed by atoms with Gasteiger partial charge in [-0.25, -0.2) is 4.79 Å². The van der Waals surface area contributed by atoms with E-state index in [2.05, 4.69) is 5.32 Å². The number of carboxylic acids is 1. The molecule has 2 N–H and O–H groups in total. The van der Waals surface area contributed by atoms with Crippen LogP contribution in [0.2, 0.25) is 5.02 Å². The van der Waals surface area contributed by atoms with Crippen molar-refractivity contribution in [3.63, 3.8) is 0 Å². The number of nitriles is 1. The fourth-order valence-corrected chi connectivity index (χ4v) is 2.85. The van der Waals surface area contributed by atoms with Crippen molar-refractivity contribution in [2.45, 2.75) is 6.92 Å². The summed E-state index contributed by atoms with van der Waals surface area (Å²) in [5.74, 6) is -1.76. The number of rotatable bonds is 3. The highest BCUT2D eigenvalue weighted by Gasteiger charge is 2.27. The first kappa shape index (κ1) is 18.2. The lowest BCUT2D eigenvalue weighted by atomic mass is 9.96. The third-order valence-electron chi connectivity index (χ3n) is 3.99. The minimum atomic E-state index is -1.13. The molecule has 0 radical (unpaired) electrons. The highest BCUT2D eigenvalue weighted by atomic mass is 35.5. The Morgan fingerprint density at radius 2 is 2.00 bits per heavy atom. The zero-order valence-corrected chi connectivity index (χ0v) is 14.6. The quantitative estimate of drug-likeness (QED) is 0.621. The number of nitrogens with zero attached hydrogens (tertiary/aromatic N) is 1. The standard InChI is InChI=1S/C19H11ClN2O5/c1-9-13(17(23)22-18(24)14(9)8-21)7-11-3-5-16(27-11)10-2-4-12(19(25)26)15(20)6-10/h2-7H,1H3,(H,25,26)(H,22,23,24). The molecule has 0 saturated heterocycles. The lowest BCUT2D eigenvalue weighted by molar-refractivity contribution is -0.126. The maximum Gasteiger partial charge on any atom is 0.337 e. The number of carbonyl (C=O) groups excluding carboxylic acids is 2. The van der Waals surface area contributed by atoms with Crippen molar-refractivity contribution in [2.24, 2.45) is 0 Å². The van der Waals surface area contributed by atoms with Gasteiger partial charge in [-0.15, -0.1) is 0 Å². The number of halogens is 1. The number of hydrogen-bond donors (Lipinski definition) is 2. The summed E-state index contributed by atoms with van der Waals surface area (Å²) in [6.45, 7) is 1.51. The number of nitrogens with one attached hydrogen (secondary N) is 1. The van der Waals surface area contributed by atoms with E-state index >= 15 is 0 Å². The van der Waals surface area contributed by atoms with Crippen LogP contribution >= 0.6 is 11.6 Å². The number of imide groups is 1. The molecule has 7 nitrogen and oxygen atoms in total. The molecule has 3 rings (SSSR count). The Hall–Kier alpha value is -3.63. The van der Waals surface area contributed by atoms with Crippen LogP contribution in [0.4, 0.5) is 0 Å². The highest BCUT2D eigenvalue weighted by molar-refractivity contribution is 6.33. The molecule has 0 atom stereocenters. The Kier molecular flexibility index (Phi) is 4.67. The molecule has 2 heterocycles. The van der Waals surface area contributed by atoms with Crippen LogP contribution in [0.1, 0.15) is 23.0 Å². The zero-order valence-electron chi connectivity index (χ0n) is 13.9. The summed E-state index contributed by atoms with van der Waals surface area (Å²) in [4.78, 5) is 34.7. The number of hydrogen-bond acceptors (Lipinski definition) is 5. The van der Waals surface area contributed by atoms with Gasteiger partial charge >= 0.3 is 5.97 Å². The molecule has 0 unspecified atom stereocenters. The van der Waals surface area contributed by atoms with E-state index in [1.165, 1.54) is 25.1 Å². The van der Waals surface area contributed by atoms with Gasteiger partial charge in [0.05, 0.1) is 10.6 Å². The molecule has 134 valence electrons. The number of benzene rings is 1. The van der Waals surface area contributed by atoms with Crippen molar-refractivity contribution < 1.29 is 23.9 Å². The fourth-order valence-electron chi connectivity index (χ4n) is 2.59. The van der Waals surface area contributed by atoms with Crippen molar-refractivity contribution in [3.8, 4) is 17.4 Å². The van der Waals surface area contributed by atoms with Crippen molar-refractivity contribution in [3.05, 3.63) is 63.4 Å². The van der Waals surface area contributed by atoms with E-state index < -0.39 is 17.8 Å². The normalized spacial score (nSPS) is 15.7. The Bertz CT molecular complexity index is 1100. The largest absolute Gasteiger partial charge is 0.478 e. The van der Waals surface area contributed by atoms with Crippen molar-refractivity contribution in [2.75, 3.05) is 0 Å². The highest BCUT2D eigenvalue weighted by Crippen LogP contribution is 2.29. The number of aromatic carboxylic acids is 1. The summed E-state index contributed by atoms with van der Waals surface area (Å²) in [5, 5.41) is 20.2. The molecule has 2 amide bonds. The molecule has 0 fully saturated rings. The van der Waals surface area contributed by atoms with Gasteiger partial charge in [0.1, 0.15) is 23.2 Å². The molecule has 1 aliphatic heterocycles. The van der Waals surface area contributed by atoms with E-state index in [9.17, 15) is 14.4 Å². The second kappa shape index (κ2) is 6.94. The summed E-state index contributed by atoms with van der Waals surface area (Å²) in [7, 11) is 0. The molecule has 1 aromatic carbocycles. The molecule has 1 aromatic heterocycles. The third kappa shape index (κ3) is 3.38. The van der Waals surface area contributed by atoms with Crippen LogP contribution in [-0.2, 0) is 9.59 Å². The summed E-state index contributed by atoms with van der Waals surface area (Å²) < 4.78 is 5.67. The minimum Gasteiger partial charge on any atom is -0.478 e. The number of amides is 2. The Morgan fingerprint density at radius 3 is 2.63 bits per heavy atom. The van der Waals surface area contributed by atoms with Crippen molar-refractivity contribution in [1.82, 2.24) is 5.32 Å². The monoisotopic (exact) mass is 382 g/mol. The van der Waals surface area contributed by atoms with Crippen LogP contribution in [0.15, 0.2) is 51.5 Å². The summed E-state index contributed by atoms with van der Waals surface area (Å²) in [6.07, 6.45) is 1.42. The number of carbonyl (C=O) groups is 3. The lowest BCUT2D eigenvalue weighted by Crippen LogP contribution is -2.37. The van der Waals surface area contributed by atoms with E-state index in [-0.39, 0.29) is 27.3 Å². The van der Waals surface area contributed by atoms with E-state index in [1.807, 2.05) is 0 Å². The Morgan fingerprint density at radius 1 is 1.26 bits per heavy atom. The lowest BCUT2D eigenvalue weighted by Gasteiger charge is -2.15. The van der Waals surface area contributed by atoms with Gasteiger partial charge in [-0.1, -0.05) is 17.7 Å². The maximum atomic E-state index is 12.0. The van der Waals surface area contributed by atoms with E-state index in [0.29, 0.717) is 17.1 Å². The second-order valence-corrected chi connectivity index (χ2v) is 6.06. The average Bonchev–Trinajstić information content (AvgIpc) is 3.07. The van der Waals surface area contributed by atoms with E-state index in [0.717, 1.165) is 0 Å². The fraction of sp³-hybridized carbons (Fsp3) is 0.0526. The summed E-state index contributed by atoms with van der Waals surface area (Å²) in [6, 6.07) is 9.39. The maximum absolute atomic E-state index is 12.0. The first-order valence-corrected chi connectivity index (χ1v) is 8.01. The Labute approximate surface area is 158 Å². The Balaban J connectivity index is 1.98. The zero-order chi connectivity index (χ0) is 19.7. The van der Waals surface area contributed by atoms with Gasteiger partial charge in [0.15, 0.2) is 0 Å². The summed E-state index contributed by atoms with van der Waals surface area (Å²) >= 11 is 5.96. The van der Waals surface area contributed by atoms with Crippen molar-refractivity contribution in [1.29, 1.82) is 5.26 Å². The molecule has 0 aliphatic carbocycles. The molecular formula is C19H11ClN2O5. The van der Waals surface area contributed by atoms with Gasteiger partial charge in [-0.05, 0) is 42.8 Å². The van der Waals surface area contributed by atoms with Crippen LogP contribution in [-0.4, -0.2) is 22.9 Å². The molecule has 0 bridgehead atoms. The van der Waals surface area contributed by atoms with Crippen LogP contribution in [0.3, 0.4) is 0 Å². The first-order valence-electron chi connectivity index (χ1n) is 7.63. The van der Waals surface area contributed by atoms with Crippen molar-refractivity contribution >= 4 is 35.5 Å². The molecule has 1 aliphatic rings. The molecule has 0 spiro atoms. The van der Waals surface area contributed by atoms with Gasteiger partial charge in [-0.3, -0.25) is 14.9 Å². The van der Waals surface area contributed by atoms with Crippen LogP contribution in [0.25, 0.3) is 17.4 Å². The van der Waals surface area contributed by atoms with Gasteiger partial charge < -0.3 is 9.52 Å². The minimum absolute atomic E-state index is 0.0253. The summed E-state index contributed by atoms with van der Waals surface area (Å²) in [5.41, 5.74) is 0.804. The van der Waals surface area contributed by atoms with Crippen LogP contribution in [0, 0.1) is 11.3 Å². The molecular weight excluding hydrogens is 372 g/mol. The first-order chi connectivity index (χ1) is 12.8. The number of furan rings is 1. The SMILES string of the molecule is CC1=C(C#N)C(=O)NC(=O)C1=Cc1ccc(-c2ccc(C(=O)O)c(Cl)c2)o1. The average molecular weight is 383 g/mol. The molecule has 2 aromatic rings. The van der Waals surface area contributed by atoms with Gasteiger partial charge in [0, 0.05) is 11.1 Å². The van der Waals surface area contributed by atoms with Gasteiger partial charge in [0.2, 0.25) is 0 Å². The molecule has 27 heavy (non-hydrogen) atoms. The van der Waals surface area contributed by atoms with Crippen LogP contribution < -0.4 is 5.32 Å². The van der Waals surface area contributed by atoms with E-state index in [4.69, 9.17) is 26.4 Å². The van der Waals surface area contributed by atoms with E-state index in [1.54, 1.807) is 24.3 Å². The predicted molar refractivity (Wildman–Crippen MR) is 95.6 cm³/mol. The third-order valence-corrected chi connectivity index (χ3v) is 4.30. The van der Waals surface area contributed by atoms with Gasteiger partial charge in [-0.2, -0.15) is 5.26 Å². The van der Waals surface area contributed by atoms with Gasteiger partial charge in [0.25, 0.3) is 11.8 Å². The molecule has 8 heteroatoms. The topological polar surface area (TPSA) is 120 Å². The predicted octanol–water partition coefficient (Wildman–Crippen LogP) is 3.18. The number of carboxylic acid groups (broad SMARTS) is 1. The molecule has 0 saturated carbocycles. The van der Waals surface area contributed by atoms with Crippen LogP contribution in [0.5, 0.6) is 0 Å². The second-order valence-electron chi connectivity index (χ2n) is 5.65. The smallest absolute Gasteiger partial charge is 0.337 e.